The van der Waals surface area contributed by atoms with Crippen molar-refractivity contribution in [3.05, 3.63) is 78.1 Å². The smallest absolute Gasteiger partial charge is 0.241 e. The molecule has 0 fully saturated rings. The first-order valence-electron chi connectivity index (χ1n) is 10.9. The molecule has 0 aliphatic carbocycles. The maximum absolute atomic E-state index is 14.7. The van der Waals surface area contributed by atoms with Gasteiger partial charge in [0.2, 0.25) is 10.0 Å². The summed E-state index contributed by atoms with van der Waals surface area (Å²) in [6.07, 6.45) is 4.26. The van der Waals surface area contributed by atoms with E-state index in [1.54, 1.807) is 43.5 Å². The number of rotatable bonds is 14. The zero-order valence-electron chi connectivity index (χ0n) is 19.2. The first kappa shape index (κ1) is 26.0. The molecule has 0 aromatic heterocycles. The fraction of sp³-hybridized carbons (Fsp3) is 0.440. The fourth-order valence-corrected chi connectivity index (χ4v) is 5.17. The van der Waals surface area contributed by atoms with Gasteiger partial charge in [0.1, 0.15) is 11.6 Å². The van der Waals surface area contributed by atoms with Crippen LogP contribution in [0.1, 0.15) is 49.7 Å². The molecule has 2 aromatic carbocycles. The number of methoxy groups -OCH3 is 1. The summed E-state index contributed by atoms with van der Waals surface area (Å²) in [6, 6.07) is 13.5. The molecule has 0 radical (unpaired) electrons. The molecule has 176 valence electrons. The van der Waals surface area contributed by atoms with E-state index in [2.05, 4.69) is 6.58 Å². The van der Waals surface area contributed by atoms with Crippen LogP contribution in [0.2, 0.25) is 0 Å². The van der Waals surface area contributed by atoms with Crippen LogP contribution < -0.4 is 4.74 Å². The zero-order chi connectivity index (χ0) is 23.6. The second-order valence-corrected chi connectivity index (χ2v) is 9.85. The van der Waals surface area contributed by atoms with Crippen molar-refractivity contribution in [2.75, 3.05) is 20.8 Å². The number of halogens is 1. The molecule has 7 heteroatoms. The number of nitrogens with zero attached hydrogens (tertiary/aromatic N) is 1. The summed E-state index contributed by atoms with van der Waals surface area (Å²) in [6.45, 7) is 6.21. The normalized spacial score (nSPS) is 13.7. The fourth-order valence-electron chi connectivity index (χ4n) is 3.52. The highest BCUT2D eigenvalue weighted by Gasteiger charge is 2.38. The second kappa shape index (κ2) is 12.7. The van der Waals surface area contributed by atoms with Gasteiger partial charge in [-0.25, -0.2) is 12.8 Å². The molecule has 0 aliphatic rings. The number of benzene rings is 2. The van der Waals surface area contributed by atoms with Gasteiger partial charge in [0.25, 0.3) is 0 Å². The van der Waals surface area contributed by atoms with E-state index in [0.717, 1.165) is 18.4 Å². The molecule has 0 spiro atoms. The highest BCUT2D eigenvalue weighted by molar-refractivity contribution is 7.89. The molecule has 2 aromatic rings. The molecule has 32 heavy (non-hydrogen) atoms. The first-order chi connectivity index (χ1) is 15.3. The average Bonchev–Trinajstić information content (AvgIpc) is 2.79. The maximum Gasteiger partial charge on any atom is 0.241 e. The third kappa shape index (κ3) is 6.89. The molecular weight excluding hydrogens is 429 g/mol. The number of allylic oxidation sites excluding steroid dienone is 1. The topological polar surface area (TPSA) is 55.8 Å². The van der Waals surface area contributed by atoms with E-state index in [0.29, 0.717) is 24.2 Å². The van der Waals surface area contributed by atoms with Gasteiger partial charge in [0.15, 0.2) is 5.44 Å². The Kier molecular flexibility index (Phi) is 10.4. The summed E-state index contributed by atoms with van der Waals surface area (Å²) in [5, 5.41) is 0. The van der Waals surface area contributed by atoms with Crippen LogP contribution in [0, 0.1) is 5.82 Å². The third-order valence-corrected chi connectivity index (χ3v) is 7.44. The molecule has 5 nitrogen and oxygen atoms in total. The van der Waals surface area contributed by atoms with Crippen LogP contribution in [0.3, 0.4) is 0 Å². The average molecular weight is 464 g/mol. The molecule has 2 rings (SSSR count). The van der Waals surface area contributed by atoms with Crippen molar-refractivity contribution in [3.8, 4) is 5.75 Å². The SMILES string of the molecule is C=CCC[C@@H](c1ccccc1F)C(OCCCC)S(=O)(=O)N(C)Cc1ccc(OC)cc1. The van der Waals surface area contributed by atoms with E-state index in [4.69, 9.17) is 9.47 Å². The van der Waals surface area contributed by atoms with Crippen molar-refractivity contribution in [2.45, 2.75) is 50.5 Å². The monoisotopic (exact) mass is 463 g/mol. The first-order valence-corrected chi connectivity index (χ1v) is 12.4. The van der Waals surface area contributed by atoms with Crippen molar-refractivity contribution >= 4 is 10.0 Å². The molecule has 2 atom stereocenters. The minimum Gasteiger partial charge on any atom is -0.497 e. The molecule has 1 unspecified atom stereocenters. The number of unbranched alkanes of at least 4 members (excludes halogenated alkanes) is 1. The molecule has 0 heterocycles. The van der Waals surface area contributed by atoms with Crippen LogP contribution in [0.25, 0.3) is 0 Å². The highest BCUT2D eigenvalue weighted by Crippen LogP contribution is 2.34. The van der Waals surface area contributed by atoms with Crippen LogP contribution in [0.15, 0.2) is 61.2 Å². The Hall–Kier alpha value is -2.22. The van der Waals surface area contributed by atoms with Gasteiger partial charge >= 0.3 is 0 Å². The lowest BCUT2D eigenvalue weighted by Gasteiger charge is -2.31. The number of hydrogen-bond acceptors (Lipinski definition) is 4. The van der Waals surface area contributed by atoms with E-state index in [1.807, 2.05) is 19.1 Å². The maximum atomic E-state index is 14.7. The number of sulfonamides is 1. The highest BCUT2D eigenvalue weighted by atomic mass is 32.2. The van der Waals surface area contributed by atoms with Crippen LogP contribution >= 0.6 is 0 Å². The lowest BCUT2D eigenvalue weighted by Crippen LogP contribution is -2.41. The van der Waals surface area contributed by atoms with Crippen molar-refractivity contribution in [2.24, 2.45) is 0 Å². The lowest BCUT2D eigenvalue weighted by atomic mass is 9.94. The third-order valence-electron chi connectivity index (χ3n) is 5.39. The van der Waals surface area contributed by atoms with Crippen molar-refractivity contribution < 1.29 is 22.3 Å². The van der Waals surface area contributed by atoms with Gasteiger partial charge in [-0.1, -0.05) is 49.8 Å². The molecule has 0 N–H and O–H groups in total. The standard InChI is InChI=1S/C25H34FNO4S/c1-5-7-11-23(22-12-9-10-13-24(22)26)25(31-18-8-6-2)32(28,29)27(3)19-20-14-16-21(30-4)17-15-20/h5,9-10,12-17,23,25H,1,6-8,11,18-19H2,2-4H3/t23-,25?/m0/s1. The van der Waals surface area contributed by atoms with E-state index < -0.39 is 27.2 Å². The predicted octanol–water partition coefficient (Wildman–Crippen LogP) is 5.49. The lowest BCUT2D eigenvalue weighted by molar-refractivity contribution is 0.0777. The van der Waals surface area contributed by atoms with Crippen LogP contribution in [0.4, 0.5) is 4.39 Å². The molecular formula is C25H34FNO4S. The quantitative estimate of drug-likeness (QED) is 0.275. The molecule has 0 amide bonds. The summed E-state index contributed by atoms with van der Waals surface area (Å²) < 4.78 is 54.5. The molecule has 0 saturated carbocycles. The number of ether oxygens (including phenoxy) is 2. The van der Waals surface area contributed by atoms with Gasteiger partial charge in [0.05, 0.1) is 7.11 Å². The van der Waals surface area contributed by atoms with E-state index in [1.165, 1.54) is 17.4 Å². The number of hydrogen-bond donors (Lipinski definition) is 0. The van der Waals surface area contributed by atoms with Gasteiger partial charge < -0.3 is 9.47 Å². The van der Waals surface area contributed by atoms with Gasteiger partial charge in [0, 0.05) is 26.1 Å². The second-order valence-electron chi connectivity index (χ2n) is 7.74. The van der Waals surface area contributed by atoms with Crippen molar-refractivity contribution in [3.63, 3.8) is 0 Å². The van der Waals surface area contributed by atoms with Gasteiger partial charge in [-0.05, 0) is 48.6 Å². The van der Waals surface area contributed by atoms with Gasteiger partial charge in [-0.15, -0.1) is 6.58 Å². The Morgan fingerprint density at radius 3 is 2.44 bits per heavy atom. The summed E-state index contributed by atoms with van der Waals surface area (Å²) >= 11 is 0. The van der Waals surface area contributed by atoms with E-state index in [9.17, 15) is 12.8 Å². The minimum atomic E-state index is -3.91. The largest absolute Gasteiger partial charge is 0.497 e. The Labute approximate surface area is 191 Å². The van der Waals surface area contributed by atoms with Crippen molar-refractivity contribution in [1.29, 1.82) is 0 Å². The Morgan fingerprint density at radius 1 is 1.16 bits per heavy atom. The van der Waals surface area contributed by atoms with Crippen LogP contribution in [-0.2, 0) is 21.3 Å². The zero-order valence-corrected chi connectivity index (χ0v) is 20.0. The Morgan fingerprint density at radius 2 is 1.84 bits per heavy atom. The van der Waals surface area contributed by atoms with Crippen molar-refractivity contribution in [1.82, 2.24) is 4.31 Å². The van der Waals surface area contributed by atoms with Crippen LogP contribution in [0.5, 0.6) is 5.75 Å². The van der Waals surface area contributed by atoms with E-state index >= 15 is 0 Å². The Balaban J connectivity index is 2.39. The van der Waals surface area contributed by atoms with E-state index in [-0.39, 0.29) is 13.2 Å². The summed E-state index contributed by atoms with van der Waals surface area (Å²) in [5.74, 6) is -0.392. The minimum absolute atomic E-state index is 0.172. The molecule has 0 aliphatic heterocycles. The molecule has 0 saturated heterocycles. The van der Waals surface area contributed by atoms with Crippen LogP contribution in [-0.4, -0.2) is 38.9 Å². The molecule has 0 bridgehead atoms. The Bertz CT molecular complexity index is 947. The van der Waals surface area contributed by atoms with Gasteiger partial charge in [-0.3, -0.25) is 0 Å². The van der Waals surface area contributed by atoms with Gasteiger partial charge in [-0.2, -0.15) is 4.31 Å². The predicted molar refractivity (Wildman–Crippen MR) is 127 cm³/mol. The summed E-state index contributed by atoms with van der Waals surface area (Å²) in [5.41, 5.74) is -0.0378. The summed E-state index contributed by atoms with van der Waals surface area (Å²) in [4.78, 5) is 0. The summed E-state index contributed by atoms with van der Waals surface area (Å²) in [7, 11) is -0.802.